The maximum Gasteiger partial charge on any atom is 0.105 e. The molecule has 2 heterocycles. The summed E-state index contributed by atoms with van der Waals surface area (Å²) in [4.78, 5) is 2.61. The molecule has 1 aliphatic heterocycles. The van der Waals surface area contributed by atoms with E-state index in [1.54, 1.807) is 6.26 Å². The van der Waals surface area contributed by atoms with Gasteiger partial charge in [0.15, 0.2) is 0 Å². The van der Waals surface area contributed by atoms with Crippen LogP contribution in [0.3, 0.4) is 0 Å². The molecule has 0 amide bonds. The summed E-state index contributed by atoms with van der Waals surface area (Å²) in [5, 5.41) is 3.61. The highest BCUT2D eigenvalue weighted by molar-refractivity contribution is 5.20. The predicted octanol–water partition coefficient (Wildman–Crippen LogP) is 3.25. The highest BCUT2D eigenvalue weighted by Crippen LogP contribution is 2.27. The minimum Gasteiger partial charge on any atom is -0.469 e. The summed E-state index contributed by atoms with van der Waals surface area (Å²) in [6, 6.07) is 16.3. The summed E-state index contributed by atoms with van der Waals surface area (Å²) in [6.07, 6.45) is 2.72. The van der Waals surface area contributed by atoms with E-state index in [0.717, 1.165) is 25.3 Å². The third-order valence-corrected chi connectivity index (χ3v) is 4.37. The second-order valence-corrected chi connectivity index (χ2v) is 6.07. The summed E-state index contributed by atoms with van der Waals surface area (Å²) in [5.41, 5.74) is 1.39. The van der Waals surface area contributed by atoms with E-state index in [4.69, 9.17) is 4.42 Å². The van der Waals surface area contributed by atoms with E-state index in [1.807, 2.05) is 6.07 Å². The average molecular weight is 284 g/mol. The summed E-state index contributed by atoms with van der Waals surface area (Å²) in [7, 11) is 0. The normalized spacial score (nSPS) is 24.9. The molecule has 3 rings (SSSR count). The molecule has 0 radical (unpaired) electrons. The Morgan fingerprint density at radius 3 is 2.76 bits per heavy atom. The number of hydrogen-bond donors (Lipinski definition) is 1. The number of hydrogen-bond acceptors (Lipinski definition) is 3. The Morgan fingerprint density at radius 1 is 1.24 bits per heavy atom. The van der Waals surface area contributed by atoms with Crippen LogP contribution < -0.4 is 5.32 Å². The van der Waals surface area contributed by atoms with Crippen molar-refractivity contribution in [2.24, 2.45) is 0 Å². The maximum atomic E-state index is 5.52. The molecular formula is C18H24N2O. The summed E-state index contributed by atoms with van der Waals surface area (Å²) in [5.74, 6) is 1.07. The quantitative estimate of drug-likeness (QED) is 0.934. The van der Waals surface area contributed by atoms with Gasteiger partial charge in [0.25, 0.3) is 0 Å². The Morgan fingerprint density at radius 2 is 2.05 bits per heavy atom. The molecule has 3 atom stereocenters. The summed E-state index contributed by atoms with van der Waals surface area (Å²) in [6.45, 7) is 6.64. The molecule has 112 valence electrons. The molecule has 1 fully saturated rings. The van der Waals surface area contributed by atoms with Gasteiger partial charge in [-0.05, 0) is 31.5 Å². The highest BCUT2D eigenvalue weighted by atomic mass is 16.3. The van der Waals surface area contributed by atoms with Crippen molar-refractivity contribution in [1.29, 1.82) is 0 Å². The van der Waals surface area contributed by atoms with Gasteiger partial charge in [0.2, 0.25) is 0 Å². The molecule has 1 aliphatic rings. The van der Waals surface area contributed by atoms with Gasteiger partial charge in [0, 0.05) is 37.6 Å². The Hall–Kier alpha value is -1.58. The largest absolute Gasteiger partial charge is 0.469 e. The van der Waals surface area contributed by atoms with Crippen molar-refractivity contribution in [3.05, 3.63) is 60.1 Å². The van der Waals surface area contributed by atoms with E-state index in [-0.39, 0.29) is 0 Å². The van der Waals surface area contributed by atoms with Crippen molar-refractivity contribution in [2.75, 3.05) is 13.1 Å². The maximum absolute atomic E-state index is 5.52. The lowest BCUT2D eigenvalue weighted by Crippen LogP contribution is -2.54. The molecule has 1 N–H and O–H groups in total. The zero-order valence-electron chi connectivity index (χ0n) is 12.8. The molecule has 1 saturated heterocycles. The first-order chi connectivity index (χ1) is 10.2. The van der Waals surface area contributed by atoms with Crippen molar-refractivity contribution in [2.45, 2.75) is 38.4 Å². The van der Waals surface area contributed by atoms with E-state index < -0.39 is 0 Å². The number of benzene rings is 1. The van der Waals surface area contributed by atoms with Crippen LogP contribution in [0.2, 0.25) is 0 Å². The SMILES string of the molecule is CC1CN(C(C)Cc2ccco2)C(c2ccccc2)CN1. The highest BCUT2D eigenvalue weighted by Gasteiger charge is 2.30. The van der Waals surface area contributed by atoms with Gasteiger partial charge < -0.3 is 9.73 Å². The smallest absolute Gasteiger partial charge is 0.105 e. The van der Waals surface area contributed by atoms with Crippen LogP contribution in [0, 0.1) is 0 Å². The molecule has 0 saturated carbocycles. The first kappa shape index (κ1) is 14.4. The van der Waals surface area contributed by atoms with Gasteiger partial charge in [0.05, 0.1) is 6.26 Å². The van der Waals surface area contributed by atoms with E-state index >= 15 is 0 Å². The van der Waals surface area contributed by atoms with Gasteiger partial charge >= 0.3 is 0 Å². The molecular weight excluding hydrogens is 260 g/mol. The second kappa shape index (κ2) is 6.46. The lowest BCUT2D eigenvalue weighted by molar-refractivity contribution is 0.0902. The first-order valence-corrected chi connectivity index (χ1v) is 7.80. The zero-order valence-corrected chi connectivity index (χ0v) is 12.8. The van der Waals surface area contributed by atoms with E-state index in [9.17, 15) is 0 Å². The molecule has 1 aromatic carbocycles. The third-order valence-electron chi connectivity index (χ3n) is 4.37. The number of furan rings is 1. The lowest BCUT2D eigenvalue weighted by Gasteiger charge is -2.43. The summed E-state index contributed by atoms with van der Waals surface area (Å²) < 4.78 is 5.52. The molecule has 0 bridgehead atoms. The monoisotopic (exact) mass is 284 g/mol. The lowest BCUT2D eigenvalue weighted by atomic mass is 9.98. The number of nitrogens with one attached hydrogen (secondary N) is 1. The molecule has 1 aromatic heterocycles. The fraction of sp³-hybridized carbons (Fsp3) is 0.444. The van der Waals surface area contributed by atoms with Crippen molar-refractivity contribution >= 4 is 0 Å². The van der Waals surface area contributed by atoms with E-state index in [2.05, 4.69) is 60.5 Å². The minimum absolute atomic E-state index is 0.437. The van der Waals surface area contributed by atoms with Crippen LogP contribution in [0.5, 0.6) is 0 Å². The van der Waals surface area contributed by atoms with Gasteiger partial charge in [-0.1, -0.05) is 30.3 Å². The number of rotatable bonds is 4. The van der Waals surface area contributed by atoms with Crippen LogP contribution in [0.4, 0.5) is 0 Å². The van der Waals surface area contributed by atoms with Crippen molar-refractivity contribution in [1.82, 2.24) is 10.2 Å². The third kappa shape index (κ3) is 3.36. The molecule has 3 unspecified atom stereocenters. The van der Waals surface area contributed by atoms with E-state index in [0.29, 0.717) is 18.1 Å². The molecule has 0 aliphatic carbocycles. The van der Waals surface area contributed by atoms with Gasteiger partial charge in [-0.25, -0.2) is 0 Å². The molecule has 0 spiro atoms. The zero-order chi connectivity index (χ0) is 14.7. The van der Waals surface area contributed by atoms with Crippen molar-refractivity contribution in [3.63, 3.8) is 0 Å². The van der Waals surface area contributed by atoms with Crippen LogP contribution in [0.15, 0.2) is 53.1 Å². The Balaban J connectivity index is 1.78. The molecule has 2 aromatic rings. The molecule has 21 heavy (non-hydrogen) atoms. The number of nitrogens with zero attached hydrogens (tertiary/aromatic N) is 1. The van der Waals surface area contributed by atoms with Crippen LogP contribution in [-0.2, 0) is 6.42 Å². The van der Waals surface area contributed by atoms with Crippen molar-refractivity contribution < 1.29 is 4.42 Å². The van der Waals surface area contributed by atoms with Gasteiger partial charge in [-0.3, -0.25) is 4.90 Å². The summed E-state index contributed by atoms with van der Waals surface area (Å²) >= 11 is 0. The van der Waals surface area contributed by atoms with Crippen LogP contribution >= 0.6 is 0 Å². The fourth-order valence-corrected chi connectivity index (χ4v) is 3.25. The van der Waals surface area contributed by atoms with Crippen LogP contribution in [0.25, 0.3) is 0 Å². The fourth-order valence-electron chi connectivity index (χ4n) is 3.25. The van der Waals surface area contributed by atoms with Gasteiger partial charge in [-0.2, -0.15) is 0 Å². The second-order valence-electron chi connectivity index (χ2n) is 6.07. The first-order valence-electron chi connectivity index (χ1n) is 7.80. The standard InChI is InChI=1S/C18H24N2O/c1-14-13-20(15(2)11-17-9-6-10-21-17)18(12-19-14)16-7-4-3-5-8-16/h3-10,14-15,18-19H,11-13H2,1-2H3. The van der Waals surface area contributed by atoms with Crippen LogP contribution in [0.1, 0.15) is 31.2 Å². The Bertz CT molecular complexity index is 538. The Kier molecular flexibility index (Phi) is 4.42. The minimum atomic E-state index is 0.437. The average Bonchev–Trinajstić information content (AvgIpc) is 3.01. The molecule has 3 heteroatoms. The Labute approximate surface area is 127 Å². The predicted molar refractivity (Wildman–Crippen MR) is 85.2 cm³/mol. The topological polar surface area (TPSA) is 28.4 Å². The molecule has 3 nitrogen and oxygen atoms in total. The van der Waals surface area contributed by atoms with Crippen molar-refractivity contribution in [3.8, 4) is 0 Å². The van der Waals surface area contributed by atoms with E-state index in [1.165, 1.54) is 5.56 Å². The number of piperazine rings is 1. The van der Waals surface area contributed by atoms with Crippen LogP contribution in [-0.4, -0.2) is 30.1 Å². The van der Waals surface area contributed by atoms with Gasteiger partial charge in [0.1, 0.15) is 5.76 Å². The van der Waals surface area contributed by atoms with Gasteiger partial charge in [-0.15, -0.1) is 0 Å².